The Kier molecular flexibility index (Phi) is 5.67. The third-order valence-corrected chi connectivity index (χ3v) is 5.49. The van der Waals surface area contributed by atoms with Gasteiger partial charge in [0.1, 0.15) is 0 Å². The molecule has 2 rings (SSSR count). The van der Waals surface area contributed by atoms with Crippen molar-refractivity contribution in [3.8, 4) is 0 Å². The van der Waals surface area contributed by atoms with Crippen LogP contribution in [-0.4, -0.2) is 30.6 Å². The number of likely N-dealkylation sites (tertiary alicyclic amines) is 1. The first kappa shape index (κ1) is 14.5. The van der Waals surface area contributed by atoms with Crippen LogP contribution in [0, 0.1) is 0 Å². The van der Waals surface area contributed by atoms with E-state index in [-0.39, 0.29) is 0 Å². The Labute approximate surface area is 126 Å². The highest BCUT2D eigenvalue weighted by Crippen LogP contribution is 2.23. The zero-order valence-corrected chi connectivity index (χ0v) is 13.9. The molecular formula is C14H20Br2N2. The number of hydrogen-bond donors (Lipinski definition) is 1. The fourth-order valence-electron chi connectivity index (χ4n) is 2.37. The molecular weight excluding hydrogens is 356 g/mol. The Bertz CT molecular complexity index is 387. The van der Waals surface area contributed by atoms with Crippen LogP contribution in [0.5, 0.6) is 0 Å². The van der Waals surface area contributed by atoms with Crippen LogP contribution in [0.3, 0.4) is 0 Å². The van der Waals surface area contributed by atoms with Crippen molar-refractivity contribution >= 4 is 31.9 Å². The van der Waals surface area contributed by atoms with Crippen molar-refractivity contribution < 1.29 is 0 Å². The zero-order chi connectivity index (χ0) is 13.0. The maximum absolute atomic E-state index is 3.67. The van der Waals surface area contributed by atoms with Crippen molar-refractivity contribution in [1.82, 2.24) is 10.2 Å². The van der Waals surface area contributed by atoms with Crippen molar-refractivity contribution in [3.05, 3.63) is 32.7 Å². The first-order valence-corrected chi connectivity index (χ1v) is 8.17. The summed E-state index contributed by atoms with van der Waals surface area (Å²) in [5.41, 5.74) is 1.34. The molecule has 1 saturated heterocycles. The molecule has 0 unspecified atom stereocenters. The van der Waals surface area contributed by atoms with Gasteiger partial charge in [0.15, 0.2) is 0 Å². The monoisotopic (exact) mass is 374 g/mol. The second-order valence-corrected chi connectivity index (χ2v) is 6.55. The molecule has 0 amide bonds. The average Bonchev–Trinajstić information content (AvgIpc) is 2.41. The second kappa shape index (κ2) is 7.04. The quantitative estimate of drug-likeness (QED) is 0.861. The molecule has 0 bridgehead atoms. The van der Waals surface area contributed by atoms with Crippen LogP contribution in [0.2, 0.25) is 0 Å². The molecule has 0 atom stereocenters. The molecule has 0 aromatic heterocycles. The van der Waals surface area contributed by atoms with Gasteiger partial charge in [-0.2, -0.15) is 0 Å². The minimum atomic E-state index is 0.676. The first-order chi connectivity index (χ1) is 8.69. The number of halogens is 2. The topological polar surface area (TPSA) is 15.3 Å². The molecule has 18 heavy (non-hydrogen) atoms. The van der Waals surface area contributed by atoms with E-state index in [0.29, 0.717) is 6.04 Å². The van der Waals surface area contributed by atoms with Gasteiger partial charge in [-0.3, -0.25) is 0 Å². The van der Waals surface area contributed by atoms with Crippen molar-refractivity contribution in [1.29, 1.82) is 0 Å². The predicted molar refractivity (Wildman–Crippen MR) is 83.8 cm³/mol. The lowest BCUT2D eigenvalue weighted by Crippen LogP contribution is -2.42. The standard InChI is InChI=1S/C14H20Br2N2/c1-2-18-7-5-12(6-8-18)17-10-11-3-4-13(15)14(16)9-11/h3-4,9,12,17H,2,5-8,10H2,1H3. The van der Waals surface area contributed by atoms with E-state index >= 15 is 0 Å². The van der Waals surface area contributed by atoms with Crippen LogP contribution < -0.4 is 5.32 Å². The molecule has 1 heterocycles. The maximum atomic E-state index is 3.67. The van der Waals surface area contributed by atoms with Gasteiger partial charge in [-0.15, -0.1) is 0 Å². The fraction of sp³-hybridized carbons (Fsp3) is 0.571. The van der Waals surface area contributed by atoms with E-state index in [4.69, 9.17) is 0 Å². The van der Waals surface area contributed by atoms with Gasteiger partial charge in [0.25, 0.3) is 0 Å². The number of rotatable bonds is 4. The molecule has 0 spiro atoms. The van der Waals surface area contributed by atoms with Crippen LogP contribution >= 0.6 is 31.9 Å². The van der Waals surface area contributed by atoms with E-state index in [1.807, 2.05) is 0 Å². The van der Waals surface area contributed by atoms with E-state index in [9.17, 15) is 0 Å². The van der Waals surface area contributed by atoms with Crippen LogP contribution in [-0.2, 0) is 6.54 Å². The minimum Gasteiger partial charge on any atom is -0.310 e. The molecule has 100 valence electrons. The summed E-state index contributed by atoms with van der Waals surface area (Å²) in [6.45, 7) is 6.86. The summed E-state index contributed by atoms with van der Waals surface area (Å²) in [5.74, 6) is 0. The summed E-state index contributed by atoms with van der Waals surface area (Å²) in [6.07, 6.45) is 2.54. The van der Waals surface area contributed by atoms with Gasteiger partial charge in [-0.25, -0.2) is 0 Å². The van der Waals surface area contributed by atoms with Gasteiger partial charge >= 0.3 is 0 Å². The van der Waals surface area contributed by atoms with Crippen molar-refractivity contribution in [2.45, 2.75) is 32.4 Å². The number of benzene rings is 1. The Morgan fingerprint density at radius 1 is 1.22 bits per heavy atom. The van der Waals surface area contributed by atoms with Gasteiger partial charge in [-0.1, -0.05) is 13.0 Å². The van der Waals surface area contributed by atoms with Crippen LogP contribution in [0.15, 0.2) is 27.1 Å². The summed E-state index contributed by atoms with van der Waals surface area (Å²) in [7, 11) is 0. The summed E-state index contributed by atoms with van der Waals surface area (Å²) < 4.78 is 2.24. The molecule has 1 fully saturated rings. The second-order valence-electron chi connectivity index (χ2n) is 4.84. The molecule has 1 aliphatic rings. The number of hydrogen-bond acceptors (Lipinski definition) is 2. The Balaban J connectivity index is 1.79. The van der Waals surface area contributed by atoms with Gasteiger partial charge in [0, 0.05) is 21.5 Å². The van der Waals surface area contributed by atoms with E-state index < -0.39 is 0 Å². The van der Waals surface area contributed by atoms with E-state index in [2.05, 4.69) is 67.2 Å². The summed E-state index contributed by atoms with van der Waals surface area (Å²) in [5, 5.41) is 3.67. The average molecular weight is 376 g/mol. The van der Waals surface area contributed by atoms with Crippen LogP contribution in [0.4, 0.5) is 0 Å². The van der Waals surface area contributed by atoms with Gasteiger partial charge in [0.2, 0.25) is 0 Å². The highest BCUT2D eigenvalue weighted by atomic mass is 79.9. The molecule has 1 aromatic carbocycles. The summed E-state index contributed by atoms with van der Waals surface area (Å²) in [4.78, 5) is 2.52. The summed E-state index contributed by atoms with van der Waals surface area (Å²) >= 11 is 7.05. The van der Waals surface area contributed by atoms with Crippen molar-refractivity contribution in [2.24, 2.45) is 0 Å². The lowest BCUT2D eigenvalue weighted by atomic mass is 10.0. The molecule has 0 saturated carbocycles. The van der Waals surface area contributed by atoms with Crippen LogP contribution in [0.1, 0.15) is 25.3 Å². The van der Waals surface area contributed by atoms with E-state index in [1.54, 1.807) is 0 Å². The molecule has 4 heteroatoms. The Hall–Kier alpha value is 0.1000. The largest absolute Gasteiger partial charge is 0.310 e. The van der Waals surface area contributed by atoms with Gasteiger partial charge < -0.3 is 10.2 Å². The molecule has 1 N–H and O–H groups in total. The number of piperidine rings is 1. The van der Waals surface area contributed by atoms with Gasteiger partial charge in [0.05, 0.1) is 0 Å². The van der Waals surface area contributed by atoms with E-state index in [1.165, 1.54) is 38.0 Å². The lowest BCUT2D eigenvalue weighted by molar-refractivity contribution is 0.206. The van der Waals surface area contributed by atoms with Crippen molar-refractivity contribution in [2.75, 3.05) is 19.6 Å². The normalized spacial score (nSPS) is 18.2. The van der Waals surface area contributed by atoms with Crippen molar-refractivity contribution in [3.63, 3.8) is 0 Å². The number of nitrogens with zero attached hydrogens (tertiary/aromatic N) is 1. The molecule has 2 nitrogen and oxygen atoms in total. The zero-order valence-electron chi connectivity index (χ0n) is 10.8. The fourth-order valence-corrected chi connectivity index (χ4v) is 3.04. The SMILES string of the molecule is CCN1CCC(NCc2ccc(Br)c(Br)c2)CC1. The molecule has 0 radical (unpaired) electrons. The highest BCUT2D eigenvalue weighted by Gasteiger charge is 2.17. The Morgan fingerprint density at radius 3 is 2.56 bits per heavy atom. The first-order valence-electron chi connectivity index (χ1n) is 6.58. The Morgan fingerprint density at radius 2 is 1.94 bits per heavy atom. The molecule has 0 aliphatic carbocycles. The smallest absolute Gasteiger partial charge is 0.0320 e. The molecule has 1 aromatic rings. The third kappa shape index (κ3) is 4.05. The predicted octanol–water partition coefficient (Wildman–Crippen LogP) is 3.79. The van der Waals surface area contributed by atoms with Gasteiger partial charge in [-0.05, 0) is 82.0 Å². The molecule has 1 aliphatic heterocycles. The van der Waals surface area contributed by atoms with Crippen LogP contribution in [0.25, 0.3) is 0 Å². The maximum Gasteiger partial charge on any atom is 0.0320 e. The highest BCUT2D eigenvalue weighted by molar-refractivity contribution is 9.13. The minimum absolute atomic E-state index is 0.676. The third-order valence-electron chi connectivity index (χ3n) is 3.61. The van der Waals surface area contributed by atoms with E-state index in [0.717, 1.165) is 15.5 Å². The summed E-state index contributed by atoms with van der Waals surface area (Å²) in [6, 6.07) is 7.12. The number of nitrogens with one attached hydrogen (secondary N) is 1. The lowest BCUT2D eigenvalue weighted by Gasteiger charge is -2.31.